The number of nitrogens with zero attached hydrogens (tertiary/aromatic N) is 4. The predicted octanol–water partition coefficient (Wildman–Crippen LogP) is 4.26. The van der Waals surface area contributed by atoms with Crippen LogP contribution in [0.1, 0.15) is 13.8 Å². The largest absolute Gasteiger partial charge is 0.497 e. The molecular formula is C35H39FN6O6. The fraction of sp³-hybridized carbons (Fsp3) is 0.286. The average Bonchev–Trinajstić information content (AvgIpc) is 3.30. The lowest BCUT2D eigenvalue weighted by molar-refractivity contribution is -0.151. The Labute approximate surface area is 278 Å². The second kappa shape index (κ2) is 14.7. The van der Waals surface area contributed by atoms with Crippen molar-refractivity contribution in [3.63, 3.8) is 0 Å². The number of aliphatic hydroxyl groups excluding tert-OH is 1. The third-order valence-corrected chi connectivity index (χ3v) is 7.71. The van der Waals surface area contributed by atoms with E-state index in [1.165, 1.54) is 12.1 Å². The van der Waals surface area contributed by atoms with Crippen LogP contribution in [-0.4, -0.2) is 84.5 Å². The number of halogens is 1. The molecule has 252 valence electrons. The molecule has 0 bridgehead atoms. The van der Waals surface area contributed by atoms with Crippen molar-refractivity contribution >= 4 is 34.2 Å². The zero-order valence-corrected chi connectivity index (χ0v) is 27.4. The number of esters is 1. The quantitative estimate of drug-likeness (QED) is 0.188. The van der Waals surface area contributed by atoms with Gasteiger partial charge in [0.1, 0.15) is 23.6 Å². The van der Waals surface area contributed by atoms with Crippen molar-refractivity contribution in [2.75, 3.05) is 44.6 Å². The first-order valence-electron chi connectivity index (χ1n) is 15.3. The smallest absolute Gasteiger partial charge is 0.323 e. The minimum atomic E-state index is -1.40. The number of nitrogens with one attached hydrogen (secondary N) is 1. The van der Waals surface area contributed by atoms with Gasteiger partial charge >= 0.3 is 5.97 Å². The number of benzene rings is 3. The number of carbonyl (C=O) groups excluding carboxylic acids is 2. The normalized spacial score (nSPS) is 15.9. The van der Waals surface area contributed by atoms with Gasteiger partial charge in [-0.2, -0.15) is 0 Å². The van der Waals surface area contributed by atoms with Crippen molar-refractivity contribution in [3.05, 3.63) is 96.1 Å². The number of hydrogen-bond acceptors (Lipinski definition) is 11. The lowest BCUT2D eigenvalue weighted by Crippen LogP contribution is -2.49. The van der Waals surface area contributed by atoms with Crippen molar-refractivity contribution < 1.29 is 33.3 Å². The van der Waals surface area contributed by atoms with Crippen molar-refractivity contribution in [3.8, 4) is 17.2 Å². The Morgan fingerprint density at radius 1 is 1.08 bits per heavy atom. The Balaban J connectivity index is 1.39. The summed E-state index contributed by atoms with van der Waals surface area (Å²) in [6.07, 6.45) is -0.502. The van der Waals surface area contributed by atoms with Gasteiger partial charge in [-0.15, -0.1) is 0 Å². The summed E-state index contributed by atoms with van der Waals surface area (Å²) in [6, 6.07) is 19.2. The number of pyridine rings is 1. The highest BCUT2D eigenvalue weighted by Crippen LogP contribution is 2.35. The van der Waals surface area contributed by atoms with Crippen molar-refractivity contribution in [1.82, 2.24) is 14.9 Å². The first-order valence-corrected chi connectivity index (χ1v) is 15.3. The molecule has 3 atom stereocenters. The maximum absolute atomic E-state index is 15.3. The van der Waals surface area contributed by atoms with Crippen LogP contribution < -0.4 is 25.5 Å². The maximum Gasteiger partial charge on any atom is 0.323 e. The highest BCUT2D eigenvalue weighted by atomic mass is 19.1. The van der Waals surface area contributed by atoms with E-state index in [1.54, 1.807) is 85.7 Å². The average molecular weight is 659 g/mol. The van der Waals surface area contributed by atoms with Crippen molar-refractivity contribution in [2.24, 2.45) is 5.73 Å². The van der Waals surface area contributed by atoms with Crippen LogP contribution in [0.3, 0.4) is 0 Å². The number of aliphatic hydroxyl groups is 1. The number of allylic oxidation sites excluding steroid dienone is 1. The maximum atomic E-state index is 15.3. The molecule has 0 saturated carbocycles. The third kappa shape index (κ3) is 7.49. The van der Waals surface area contributed by atoms with Crippen LogP contribution in [0.2, 0.25) is 0 Å². The van der Waals surface area contributed by atoms with E-state index < -0.39 is 36.1 Å². The summed E-state index contributed by atoms with van der Waals surface area (Å²) in [4.78, 5) is 32.3. The molecule has 12 nitrogen and oxygen atoms in total. The molecule has 0 radical (unpaired) electrons. The Hall–Kier alpha value is -5.24. The van der Waals surface area contributed by atoms with Gasteiger partial charge in [0.05, 0.1) is 30.4 Å². The topological polar surface area (TPSA) is 143 Å². The highest BCUT2D eigenvalue weighted by Gasteiger charge is 2.41. The van der Waals surface area contributed by atoms with E-state index in [-0.39, 0.29) is 23.6 Å². The number of para-hydroxylation sites is 1. The van der Waals surface area contributed by atoms with Crippen LogP contribution in [-0.2, 0) is 14.3 Å². The van der Waals surface area contributed by atoms with Gasteiger partial charge < -0.3 is 35.3 Å². The molecule has 0 aliphatic carbocycles. The molecule has 5 rings (SSSR count). The molecule has 0 saturated heterocycles. The molecule has 4 N–H and O–H groups in total. The minimum Gasteiger partial charge on any atom is -0.497 e. The lowest BCUT2D eigenvalue weighted by atomic mass is 10.1. The van der Waals surface area contributed by atoms with Gasteiger partial charge in [0.15, 0.2) is 17.8 Å². The fourth-order valence-corrected chi connectivity index (χ4v) is 5.41. The zero-order chi connectivity index (χ0) is 34.5. The summed E-state index contributed by atoms with van der Waals surface area (Å²) in [5.41, 5.74) is 7.60. The number of methoxy groups -OCH3 is 1. The number of hydrogen-bond donors (Lipinski definition) is 3. The molecule has 0 spiro atoms. The number of fused-ring (bicyclic) bond motifs is 1. The molecule has 48 heavy (non-hydrogen) atoms. The molecule has 0 fully saturated rings. The van der Waals surface area contributed by atoms with Gasteiger partial charge in [-0.05, 0) is 70.4 Å². The van der Waals surface area contributed by atoms with E-state index in [2.05, 4.69) is 10.3 Å². The second-order valence-electron chi connectivity index (χ2n) is 11.6. The number of aromatic nitrogens is 1. The van der Waals surface area contributed by atoms with Gasteiger partial charge in [-0.3, -0.25) is 24.6 Å². The molecule has 3 unspecified atom stereocenters. The molecular weight excluding hydrogens is 619 g/mol. The number of likely N-dealkylation sites (N-methyl/N-ethyl adjacent to an activating group) is 1. The molecule has 1 aliphatic rings. The summed E-state index contributed by atoms with van der Waals surface area (Å²) in [6.45, 7) is 3.70. The third-order valence-electron chi connectivity index (χ3n) is 7.71. The number of anilines is 2. The van der Waals surface area contributed by atoms with Crippen LogP contribution in [0.25, 0.3) is 10.9 Å². The Morgan fingerprint density at radius 3 is 2.50 bits per heavy atom. The molecule has 1 aliphatic heterocycles. The zero-order valence-electron chi connectivity index (χ0n) is 27.4. The van der Waals surface area contributed by atoms with Crippen molar-refractivity contribution in [2.45, 2.75) is 32.2 Å². The summed E-state index contributed by atoms with van der Waals surface area (Å²) in [5.74, 6) is -0.944. The Kier molecular flexibility index (Phi) is 10.4. The molecule has 1 amide bonds. The van der Waals surface area contributed by atoms with Gasteiger partial charge in [0.25, 0.3) is 5.91 Å². The van der Waals surface area contributed by atoms with E-state index in [1.807, 2.05) is 25.1 Å². The number of ether oxygens (including phenoxy) is 3. The lowest BCUT2D eigenvalue weighted by Gasteiger charge is -2.37. The molecule has 13 heteroatoms. The van der Waals surface area contributed by atoms with E-state index in [9.17, 15) is 14.7 Å². The molecule has 1 aromatic heterocycles. The monoisotopic (exact) mass is 658 g/mol. The van der Waals surface area contributed by atoms with Crippen LogP contribution in [0, 0.1) is 5.82 Å². The number of rotatable bonds is 12. The number of hydrazine groups is 1. The van der Waals surface area contributed by atoms with Gasteiger partial charge in [0, 0.05) is 41.6 Å². The van der Waals surface area contributed by atoms with E-state index in [0.717, 1.165) is 6.07 Å². The van der Waals surface area contributed by atoms with Crippen LogP contribution in [0.5, 0.6) is 17.2 Å². The van der Waals surface area contributed by atoms with Gasteiger partial charge in [-0.25, -0.2) is 4.39 Å². The minimum absolute atomic E-state index is 0.0420. The molecule has 3 aromatic carbocycles. The van der Waals surface area contributed by atoms with Crippen LogP contribution in [0.15, 0.2) is 90.3 Å². The summed E-state index contributed by atoms with van der Waals surface area (Å²) >= 11 is 0. The summed E-state index contributed by atoms with van der Waals surface area (Å²) in [5, 5.41) is 18.2. The van der Waals surface area contributed by atoms with E-state index >= 15 is 4.39 Å². The standard InChI is InChI=1S/C35H39FN6O6/c1-21(37)35(45)47-26(19-40(3)4)20-41-22(2)32(34(44)42(41)24-9-7-6-8-10-24)33(43)39-23-11-14-31(28(36)17-23)48-30-15-16-38-29-18-25(46-5)12-13-27(29)30/h6-18,21,26,34,44H,19-20,37H2,1-5H3,(H,39,43). The molecule has 4 aromatic rings. The van der Waals surface area contributed by atoms with Crippen molar-refractivity contribution in [1.29, 1.82) is 0 Å². The summed E-state index contributed by atoms with van der Waals surface area (Å²) < 4.78 is 32.2. The van der Waals surface area contributed by atoms with E-state index in [0.29, 0.717) is 40.3 Å². The number of carbonyl (C=O) groups is 2. The number of nitrogens with two attached hydrogens (primary N) is 1. The first-order chi connectivity index (χ1) is 23.0. The van der Waals surface area contributed by atoms with Gasteiger partial charge in [0.2, 0.25) is 0 Å². The highest BCUT2D eigenvalue weighted by molar-refractivity contribution is 6.05. The first kappa shape index (κ1) is 34.1. The SMILES string of the molecule is COc1ccc2c(Oc3ccc(NC(=O)C4=C(C)N(CC(CN(C)C)OC(=O)C(C)N)N(c5ccccc5)C4O)cc3F)ccnc2c1. The second-order valence-corrected chi connectivity index (χ2v) is 11.6. The summed E-state index contributed by atoms with van der Waals surface area (Å²) in [7, 11) is 5.24. The van der Waals surface area contributed by atoms with Crippen LogP contribution in [0.4, 0.5) is 15.8 Å². The van der Waals surface area contributed by atoms with Crippen LogP contribution >= 0.6 is 0 Å². The molecule has 2 heterocycles. The number of amides is 1. The van der Waals surface area contributed by atoms with Gasteiger partial charge in [-0.1, -0.05) is 18.2 Å². The Bertz CT molecular complexity index is 1820. The van der Waals surface area contributed by atoms with E-state index in [4.69, 9.17) is 19.9 Å². The fourth-order valence-electron chi connectivity index (χ4n) is 5.41. The predicted molar refractivity (Wildman–Crippen MR) is 180 cm³/mol. The Morgan fingerprint density at radius 2 is 1.83 bits per heavy atom.